The molecule has 1 aliphatic rings. The molecule has 45 heavy (non-hydrogen) atoms. The maximum absolute atomic E-state index is 12.2. The zero-order valence-corrected chi connectivity index (χ0v) is 26.1. The minimum absolute atomic E-state index is 0.0285. The van der Waals surface area contributed by atoms with Gasteiger partial charge in [0.15, 0.2) is 0 Å². The quantitative estimate of drug-likeness (QED) is 0.127. The van der Waals surface area contributed by atoms with Crippen LogP contribution in [0.1, 0.15) is 17.0 Å². The molecular weight excluding hydrogens is 602 g/mol. The van der Waals surface area contributed by atoms with Crippen LogP contribution in [0.15, 0.2) is 83.8 Å². The van der Waals surface area contributed by atoms with Crippen molar-refractivity contribution < 1.29 is 45.8 Å². The fraction of sp³-hybridized carbons (Fsp3) is 0.424. The summed E-state index contributed by atoms with van der Waals surface area (Å²) in [7, 11) is -3.77. The fourth-order valence-corrected chi connectivity index (χ4v) is 5.63. The van der Waals surface area contributed by atoms with Crippen LogP contribution >= 0.6 is 0 Å². The van der Waals surface area contributed by atoms with Crippen LogP contribution in [0.3, 0.4) is 0 Å². The van der Waals surface area contributed by atoms with E-state index in [0.29, 0.717) is 66.0 Å². The topological polar surface area (TPSA) is 128 Å². The van der Waals surface area contributed by atoms with E-state index < -0.39 is 16.2 Å². The second-order valence-corrected chi connectivity index (χ2v) is 11.5. The number of hydrogen-bond acceptors (Lipinski definition) is 10. The van der Waals surface area contributed by atoms with Gasteiger partial charge < -0.3 is 33.7 Å². The van der Waals surface area contributed by atoms with Gasteiger partial charge in [0.1, 0.15) is 6.61 Å². The minimum Gasteiger partial charge on any atom is -0.449 e. The average molecular weight is 644 g/mol. The van der Waals surface area contributed by atoms with Crippen molar-refractivity contribution in [3.63, 3.8) is 0 Å². The Morgan fingerprint density at radius 3 is 1.56 bits per heavy atom. The molecule has 0 saturated carbocycles. The van der Waals surface area contributed by atoms with E-state index in [-0.39, 0.29) is 30.6 Å². The highest BCUT2D eigenvalue weighted by Gasteiger charge is 2.28. The third kappa shape index (κ3) is 11.5. The molecular formula is C33H41NO10S. The molecule has 1 aliphatic carbocycles. The van der Waals surface area contributed by atoms with E-state index in [1.807, 2.05) is 24.3 Å². The van der Waals surface area contributed by atoms with Gasteiger partial charge in [0.05, 0.1) is 77.6 Å². The van der Waals surface area contributed by atoms with Crippen molar-refractivity contribution >= 4 is 16.2 Å². The van der Waals surface area contributed by atoms with Crippen LogP contribution in [0.2, 0.25) is 0 Å². The van der Waals surface area contributed by atoms with Gasteiger partial charge >= 0.3 is 6.09 Å². The Morgan fingerprint density at radius 2 is 1.02 bits per heavy atom. The maximum atomic E-state index is 12.2. The summed E-state index contributed by atoms with van der Waals surface area (Å²) in [5.74, 6) is 0.0285. The Morgan fingerprint density at radius 1 is 0.578 bits per heavy atom. The van der Waals surface area contributed by atoms with Gasteiger partial charge in [-0.1, -0.05) is 66.7 Å². The van der Waals surface area contributed by atoms with Crippen molar-refractivity contribution in [2.45, 2.75) is 10.8 Å². The first-order valence-electron chi connectivity index (χ1n) is 15.0. The molecule has 0 spiro atoms. The van der Waals surface area contributed by atoms with Crippen LogP contribution in [0, 0.1) is 0 Å². The minimum atomic E-state index is -3.77. The van der Waals surface area contributed by atoms with Crippen LogP contribution in [0.5, 0.6) is 0 Å². The molecule has 3 aromatic rings. The van der Waals surface area contributed by atoms with Crippen LogP contribution in [-0.2, 0) is 42.7 Å². The number of alkyl carbamates (subject to hydrolysis) is 1. The number of amides is 1. The van der Waals surface area contributed by atoms with Crippen LogP contribution in [0.4, 0.5) is 4.79 Å². The third-order valence-corrected chi connectivity index (χ3v) is 8.17. The predicted molar refractivity (Wildman–Crippen MR) is 167 cm³/mol. The number of carbonyl (C=O) groups excluding carboxylic acids is 1. The van der Waals surface area contributed by atoms with Gasteiger partial charge in [-0.25, -0.2) is 4.79 Å². The highest BCUT2D eigenvalue weighted by Crippen LogP contribution is 2.44. The maximum Gasteiger partial charge on any atom is 0.407 e. The lowest BCUT2D eigenvalue weighted by atomic mass is 9.98. The fourth-order valence-electron chi connectivity index (χ4n) is 4.71. The molecule has 0 heterocycles. The van der Waals surface area contributed by atoms with E-state index in [2.05, 4.69) is 29.6 Å². The van der Waals surface area contributed by atoms with Crippen molar-refractivity contribution in [3.8, 4) is 11.1 Å². The van der Waals surface area contributed by atoms with Gasteiger partial charge in [-0.05, 0) is 34.4 Å². The summed E-state index contributed by atoms with van der Waals surface area (Å²) in [6, 6.07) is 24.4. The van der Waals surface area contributed by atoms with Gasteiger partial charge in [0.25, 0.3) is 10.1 Å². The molecule has 0 aliphatic heterocycles. The molecule has 11 nitrogen and oxygen atoms in total. The lowest BCUT2D eigenvalue weighted by Gasteiger charge is -2.14. The Bertz CT molecular complexity index is 1360. The number of carbonyl (C=O) groups is 1. The van der Waals surface area contributed by atoms with Crippen LogP contribution < -0.4 is 5.32 Å². The van der Waals surface area contributed by atoms with E-state index in [1.54, 1.807) is 18.2 Å². The molecule has 0 atom stereocenters. The average Bonchev–Trinajstić information content (AvgIpc) is 3.38. The van der Waals surface area contributed by atoms with Gasteiger partial charge in [0.2, 0.25) is 0 Å². The second kappa shape index (κ2) is 19.2. The normalized spacial score (nSPS) is 12.5. The SMILES string of the molecule is O=C(NCCOCCOCCOCCOCCOCCOS(=O)(=O)c1ccccc1)OCC1c2ccccc2-c2ccccc21. The van der Waals surface area contributed by atoms with Gasteiger partial charge in [0, 0.05) is 12.5 Å². The van der Waals surface area contributed by atoms with E-state index in [4.69, 9.17) is 32.6 Å². The van der Waals surface area contributed by atoms with Crippen molar-refractivity contribution in [2.24, 2.45) is 0 Å². The van der Waals surface area contributed by atoms with E-state index >= 15 is 0 Å². The molecule has 0 unspecified atom stereocenters. The van der Waals surface area contributed by atoms with Gasteiger partial charge in [-0.2, -0.15) is 8.42 Å². The summed E-state index contributed by atoms with van der Waals surface area (Å²) >= 11 is 0. The highest BCUT2D eigenvalue weighted by molar-refractivity contribution is 7.86. The van der Waals surface area contributed by atoms with Crippen LogP contribution in [-0.4, -0.2) is 100 Å². The standard InChI is InChI=1S/C33H41NO10S/c35-33(43-26-32-30-12-6-4-10-28(30)29-11-5-7-13-31(29)32)34-14-15-38-16-17-39-18-19-40-20-21-41-22-23-42-24-25-44-45(36,37)27-8-2-1-3-9-27/h1-13,32H,14-26H2,(H,34,35). The summed E-state index contributed by atoms with van der Waals surface area (Å²) in [5, 5.41) is 2.72. The first-order chi connectivity index (χ1) is 22.1. The molecule has 244 valence electrons. The van der Waals surface area contributed by atoms with Crippen molar-refractivity contribution in [2.75, 3.05) is 85.8 Å². The van der Waals surface area contributed by atoms with E-state index in [0.717, 1.165) is 0 Å². The van der Waals surface area contributed by atoms with Gasteiger partial charge in [-0.3, -0.25) is 4.18 Å². The largest absolute Gasteiger partial charge is 0.449 e. The molecule has 0 fully saturated rings. The Hall–Kier alpha value is -3.36. The predicted octanol–water partition coefficient (Wildman–Crippen LogP) is 4.01. The molecule has 0 aromatic heterocycles. The summed E-state index contributed by atoms with van der Waals surface area (Å²) in [6.07, 6.45) is -0.466. The number of nitrogens with one attached hydrogen (secondary N) is 1. The van der Waals surface area contributed by atoms with Crippen molar-refractivity contribution in [1.82, 2.24) is 5.32 Å². The monoisotopic (exact) mass is 643 g/mol. The summed E-state index contributed by atoms with van der Waals surface area (Å²) < 4.78 is 61.5. The molecule has 0 radical (unpaired) electrons. The molecule has 4 rings (SSSR count). The summed E-state index contributed by atoms with van der Waals surface area (Å²) in [6.45, 7) is 4.22. The molecule has 0 bridgehead atoms. The van der Waals surface area contributed by atoms with E-state index in [9.17, 15) is 13.2 Å². The number of ether oxygens (including phenoxy) is 6. The smallest absolute Gasteiger partial charge is 0.407 e. The molecule has 3 aromatic carbocycles. The third-order valence-electron chi connectivity index (χ3n) is 6.85. The van der Waals surface area contributed by atoms with Crippen LogP contribution in [0.25, 0.3) is 11.1 Å². The first kappa shape index (κ1) is 34.5. The number of hydrogen-bond donors (Lipinski definition) is 1. The zero-order valence-electron chi connectivity index (χ0n) is 25.3. The summed E-state index contributed by atoms with van der Waals surface area (Å²) in [5.41, 5.74) is 4.74. The second-order valence-electron chi connectivity index (χ2n) is 9.90. The number of benzene rings is 3. The zero-order chi connectivity index (χ0) is 31.6. The Balaban J connectivity index is 0.891. The lowest BCUT2D eigenvalue weighted by molar-refractivity contribution is -0.0123. The number of fused-ring (bicyclic) bond motifs is 3. The Labute approximate surface area is 264 Å². The van der Waals surface area contributed by atoms with E-state index in [1.165, 1.54) is 34.4 Å². The Kier molecular flexibility index (Phi) is 14.7. The molecule has 0 saturated heterocycles. The van der Waals surface area contributed by atoms with Crippen molar-refractivity contribution in [3.05, 3.63) is 90.0 Å². The summed E-state index contributed by atoms with van der Waals surface area (Å²) in [4.78, 5) is 12.3. The molecule has 1 amide bonds. The highest BCUT2D eigenvalue weighted by atomic mass is 32.2. The lowest BCUT2D eigenvalue weighted by Crippen LogP contribution is -2.29. The van der Waals surface area contributed by atoms with Crippen molar-refractivity contribution in [1.29, 1.82) is 0 Å². The number of rotatable bonds is 22. The van der Waals surface area contributed by atoms with Gasteiger partial charge in [-0.15, -0.1) is 0 Å². The molecule has 1 N–H and O–H groups in total. The molecule has 12 heteroatoms. The first-order valence-corrected chi connectivity index (χ1v) is 16.4.